The second-order valence-electron chi connectivity index (χ2n) is 7.77. The lowest BCUT2D eigenvalue weighted by Gasteiger charge is -2.36. The van der Waals surface area contributed by atoms with Crippen LogP contribution in [0.1, 0.15) is 48.0 Å². The molecule has 29 heavy (non-hydrogen) atoms. The summed E-state index contributed by atoms with van der Waals surface area (Å²) in [5, 5.41) is 0.643. The fourth-order valence-electron chi connectivity index (χ4n) is 3.79. The van der Waals surface area contributed by atoms with Gasteiger partial charge in [-0.3, -0.25) is 14.5 Å². The van der Waals surface area contributed by atoms with Crippen molar-refractivity contribution in [3.05, 3.63) is 40.7 Å². The SMILES string of the molecule is CC(C)c1nc(N2CCCC2=O)sc1C(=O)N1CCN(c2ccc(F)cc2)CC1. The van der Waals surface area contributed by atoms with Crippen molar-refractivity contribution in [2.24, 2.45) is 0 Å². The van der Waals surface area contributed by atoms with E-state index in [-0.39, 0.29) is 23.5 Å². The molecule has 0 aliphatic carbocycles. The van der Waals surface area contributed by atoms with Crippen LogP contribution >= 0.6 is 11.3 Å². The zero-order chi connectivity index (χ0) is 20.5. The summed E-state index contributed by atoms with van der Waals surface area (Å²) in [5.74, 6) is -0.0674. The monoisotopic (exact) mass is 416 g/mol. The second-order valence-corrected chi connectivity index (χ2v) is 8.75. The van der Waals surface area contributed by atoms with Gasteiger partial charge in [0.1, 0.15) is 10.7 Å². The first-order valence-corrected chi connectivity index (χ1v) is 10.9. The van der Waals surface area contributed by atoms with Gasteiger partial charge in [0, 0.05) is 44.8 Å². The first kappa shape index (κ1) is 19.8. The number of benzene rings is 1. The molecule has 0 spiro atoms. The van der Waals surface area contributed by atoms with E-state index < -0.39 is 0 Å². The molecule has 1 aromatic heterocycles. The summed E-state index contributed by atoms with van der Waals surface area (Å²) < 4.78 is 13.1. The highest BCUT2D eigenvalue weighted by atomic mass is 32.1. The zero-order valence-electron chi connectivity index (χ0n) is 16.7. The van der Waals surface area contributed by atoms with E-state index >= 15 is 0 Å². The molecule has 1 aromatic carbocycles. The number of piperazine rings is 1. The third-order valence-corrected chi connectivity index (χ3v) is 6.53. The molecule has 2 aromatic rings. The molecule has 2 saturated heterocycles. The van der Waals surface area contributed by atoms with Crippen molar-refractivity contribution in [2.45, 2.75) is 32.6 Å². The van der Waals surface area contributed by atoms with Crippen LogP contribution in [0.3, 0.4) is 0 Å². The fourth-order valence-corrected chi connectivity index (χ4v) is 5.03. The Hall–Kier alpha value is -2.48. The predicted octanol–water partition coefficient (Wildman–Crippen LogP) is 3.49. The van der Waals surface area contributed by atoms with Gasteiger partial charge >= 0.3 is 0 Å². The lowest BCUT2D eigenvalue weighted by molar-refractivity contribution is -0.117. The topological polar surface area (TPSA) is 56.8 Å². The lowest BCUT2D eigenvalue weighted by Crippen LogP contribution is -2.48. The largest absolute Gasteiger partial charge is 0.368 e. The summed E-state index contributed by atoms with van der Waals surface area (Å²) in [7, 11) is 0. The van der Waals surface area contributed by atoms with Gasteiger partial charge in [0.2, 0.25) is 5.91 Å². The number of amides is 2. The number of rotatable bonds is 4. The molecule has 2 fully saturated rings. The Bertz CT molecular complexity index is 904. The van der Waals surface area contributed by atoms with Gasteiger partial charge in [-0.05, 0) is 36.6 Å². The van der Waals surface area contributed by atoms with Crippen molar-refractivity contribution in [3.63, 3.8) is 0 Å². The highest BCUT2D eigenvalue weighted by Gasteiger charge is 2.31. The van der Waals surface area contributed by atoms with Crippen LogP contribution in [0.25, 0.3) is 0 Å². The van der Waals surface area contributed by atoms with Crippen molar-refractivity contribution in [1.29, 1.82) is 0 Å². The molecule has 2 aliphatic heterocycles. The van der Waals surface area contributed by atoms with Gasteiger partial charge in [0.05, 0.1) is 5.69 Å². The van der Waals surface area contributed by atoms with Crippen LogP contribution in [0.5, 0.6) is 0 Å². The van der Waals surface area contributed by atoms with Crippen LogP contribution in [0.2, 0.25) is 0 Å². The summed E-state index contributed by atoms with van der Waals surface area (Å²) in [6.07, 6.45) is 1.38. The first-order chi connectivity index (χ1) is 13.9. The minimum absolute atomic E-state index is 0.0112. The molecule has 0 saturated carbocycles. The third kappa shape index (κ3) is 3.99. The molecular weight excluding hydrogens is 391 g/mol. The number of nitrogens with zero attached hydrogens (tertiary/aromatic N) is 4. The summed E-state index contributed by atoms with van der Waals surface area (Å²) in [4.78, 5) is 36.4. The number of anilines is 2. The van der Waals surface area contributed by atoms with E-state index in [1.165, 1.54) is 23.5 Å². The van der Waals surface area contributed by atoms with Crippen LogP contribution in [0.15, 0.2) is 24.3 Å². The maximum atomic E-state index is 13.2. The van der Waals surface area contributed by atoms with Gasteiger partial charge in [-0.2, -0.15) is 0 Å². The summed E-state index contributed by atoms with van der Waals surface area (Å²) >= 11 is 1.34. The van der Waals surface area contributed by atoms with Crippen molar-refractivity contribution in [2.75, 3.05) is 42.5 Å². The van der Waals surface area contributed by atoms with E-state index in [4.69, 9.17) is 0 Å². The van der Waals surface area contributed by atoms with Gasteiger partial charge in [0.25, 0.3) is 5.91 Å². The Kier molecular flexibility index (Phi) is 5.54. The molecular formula is C21H25FN4O2S. The number of aromatic nitrogens is 1. The molecule has 0 bridgehead atoms. The van der Waals surface area contributed by atoms with Gasteiger partial charge < -0.3 is 9.80 Å². The average Bonchev–Trinajstić information content (AvgIpc) is 3.34. The van der Waals surface area contributed by atoms with Crippen LogP contribution in [0.4, 0.5) is 15.2 Å². The van der Waals surface area contributed by atoms with E-state index in [0.29, 0.717) is 49.2 Å². The fraction of sp³-hybridized carbons (Fsp3) is 0.476. The highest BCUT2D eigenvalue weighted by molar-refractivity contribution is 7.17. The van der Waals surface area contributed by atoms with E-state index in [1.807, 2.05) is 18.7 Å². The van der Waals surface area contributed by atoms with Crippen molar-refractivity contribution in [1.82, 2.24) is 9.88 Å². The van der Waals surface area contributed by atoms with Crippen LogP contribution < -0.4 is 9.80 Å². The number of halogens is 1. The van der Waals surface area contributed by atoms with Crippen LogP contribution in [0, 0.1) is 5.82 Å². The van der Waals surface area contributed by atoms with Crippen molar-refractivity contribution < 1.29 is 14.0 Å². The molecule has 0 atom stereocenters. The van der Waals surface area contributed by atoms with E-state index in [2.05, 4.69) is 9.88 Å². The molecule has 2 amide bonds. The Morgan fingerprint density at radius 3 is 2.38 bits per heavy atom. The second kappa shape index (κ2) is 8.10. The van der Waals surface area contributed by atoms with E-state index in [1.54, 1.807) is 17.0 Å². The minimum Gasteiger partial charge on any atom is -0.368 e. The Morgan fingerprint density at radius 2 is 1.79 bits per heavy atom. The van der Waals surface area contributed by atoms with Gasteiger partial charge in [-0.25, -0.2) is 9.37 Å². The number of carbonyl (C=O) groups excluding carboxylic acids is 2. The normalized spacial score (nSPS) is 17.5. The molecule has 2 aliphatic rings. The minimum atomic E-state index is -0.249. The number of hydrogen-bond acceptors (Lipinski definition) is 5. The lowest BCUT2D eigenvalue weighted by atomic mass is 10.1. The summed E-state index contributed by atoms with van der Waals surface area (Å²) in [6, 6.07) is 6.46. The van der Waals surface area contributed by atoms with E-state index in [9.17, 15) is 14.0 Å². The standard InChI is InChI=1S/C21H25FN4O2S/c1-14(2)18-19(29-21(23-18)26-9-3-4-17(26)27)20(28)25-12-10-24(11-13-25)16-7-5-15(22)6-8-16/h5-8,14H,3-4,9-13H2,1-2H3. The molecule has 6 nitrogen and oxygen atoms in total. The van der Waals surface area contributed by atoms with Crippen LogP contribution in [-0.4, -0.2) is 54.4 Å². The Balaban J connectivity index is 1.49. The van der Waals surface area contributed by atoms with Gasteiger partial charge in [-0.1, -0.05) is 25.2 Å². The zero-order valence-corrected chi connectivity index (χ0v) is 17.5. The van der Waals surface area contributed by atoms with Crippen LogP contribution in [-0.2, 0) is 4.79 Å². The molecule has 0 unspecified atom stereocenters. The smallest absolute Gasteiger partial charge is 0.266 e. The Labute approximate surface area is 173 Å². The molecule has 4 rings (SSSR count). The summed E-state index contributed by atoms with van der Waals surface area (Å²) in [6.45, 7) is 7.32. The Morgan fingerprint density at radius 1 is 1.10 bits per heavy atom. The number of thiazole rings is 1. The summed E-state index contributed by atoms with van der Waals surface area (Å²) in [5.41, 5.74) is 1.74. The quantitative estimate of drug-likeness (QED) is 0.766. The highest BCUT2D eigenvalue weighted by Crippen LogP contribution is 2.34. The first-order valence-electron chi connectivity index (χ1n) is 10.0. The number of carbonyl (C=O) groups is 2. The molecule has 8 heteroatoms. The van der Waals surface area contributed by atoms with E-state index in [0.717, 1.165) is 17.8 Å². The maximum Gasteiger partial charge on any atom is 0.266 e. The van der Waals surface area contributed by atoms with Gasteiger partial charge in [0.15, 0.2) is 5.13 Å². The molecule has 154 valence electrons. The average molecular weight is 417 g/mol. The third-order valence-electron chi connectivity index (χ3n) is 5.45. The van der Waals surface area contributed by atoms with Crippen molar-refractivity contribution >= 4 is 34.0 Å². The van der Waals surface area contributed by atoms with Crippen molar-refractivity contribution in [3.8, 4) is 0 Å². The molecule has 0 N–H and O–H groups in total. The number of hydrogen-bond donors (Lipinski definition) is 0. The molecule has 3 heterocycles. The predicted molar refractivity (Wildman–Crippen MR) is 112 cm³/mol. The van der Waals surface area contributed by atoms with Gasteiger partial charge in [-0.15, -0.1) is 0 Å². The molecule has 0 radical (unpaired) electrons. The maximum absolute atomic E-state index is 13.2.